The molecule has 1 aliphatic heterocycles. The molecule has 2 heterocycles. The Kier molecular flexibility index (Phi) is 5.10. The maximum Gasteiger partial charge on any atom is 0.239 e. The lowest BCUT2D eigenvalue weighted by molar-refractivity contribution is -0.115. The second kappa shape index (κ2) is 7.24. The predicted octanol–water partition coefficient (Wildman–Crippen LogP) is 3.03. The summed E-state index contributed by atoms with van der Waals surface area (Å²) in [5.74, 6) is 3.93. The first-order chi connectivity index (χ1) is 10.7. The van der Waals surface area contributed by atoms with Crippen LogP contribution in [0.25, 0.3) is 0 Å². The van der Waals surface area contributed by atoms with Gasteiger partial charge < -0.3 is 5.32 Å². The lowest BCUT2D eigenvalue weighted by atomic mass is 10.1. The van der Waals surface area contributed by atoms with Gasteiger partial charge in [0.1, 0.15) is 5.82 Å². The predicted molar refractivity (Wildman–Crippen MR) is 94.7 cm³/mol. The van der Waals surface area contributed by atoms with Gasteiger partial charge in [0.15, 0.2) is 0 Å². The Morgan fingerprint density at radius 3 is 3.09 bits per heavy atom. The van der Waals surface area contributed by atoms with Crippen LogP contribution in [0, 0.1) is 6.92 Å². The molecule has 0 saturated carbocycles. The van der Waals surface area contributed by atoms with Crippen molar-refractivity contribution in [1.29, 1.82) is 0 Å². The summed E-state index contributed by atoms with van der Waals surface area (Å²) in [7, 11) is 0. The highest BCUT2D eigenvalue weighted by Crippen LogP contribution is 2.25. The Hall–Kier alpha value is -1.40. The quantitative estimate of drug-likeness (QED) is 0.934. The highest BCUT2D eigenvalue weighted by atomic mass is 32.2. The van der Waals surface area contributed by atoms with Gasteiger partial charge in [0, 0.05) is 23.3 Å². The van der Waals surface area contributed by atoms with Gasteiger partial charge in [-0.1, -0.05) is 29.8 Å². The van der Waals surface area contributed by atoms with Gasteiger partial charge in [0.2, 0.25) is 5.91 Å². The second-order valence-corrected chi connectivity index (χ2v) is 7.75. The molecule has 1 atom stereocenters. The third-order valence-electron chi connectivity index (χ3n) is 3.49. The number of aromatic nitrogens is 2. The van der Waals surface area contributed by atoms with Gasteiger partial charge in [-0.3, -0.25) is 4.79 Å². The first-order valence-electron chi connectivity index (χ1n) is 7.30. The van der Waals surface area contributed by atoms with Crippen LogP contribution in [-0.4, -0.2) is 38.2 Å². The van der Waals surface area contributed by atoms with E-state index in [1.807, 2.05) is 28.6 Å². The molecular weight excluding hydrogens is 314 g/mol. The summed E-state index contributed by atoms with van der Waals surface area (Å²) in [6.45, 7) is 2.74. The number of benzene rings is 1. The van der Waals surface area contributed by atoms with Crippen molar-refractivity contribution in [3.63, 3.8) is 0 Å². The average molecular weight is 333 g/mol. The van der Waals surface area contributed by atoms with Gasteiger partial charge in [0.05, 0.1) is 18.0 Å². The van der Waals surface area contributed by atoms with Crippen molar-refractivity contribution in [2.75, 3.05) is 22.6 Å². The Morgan fingerprint density at radius 2 is 2.32 bits per heavy atom. The summed E-state index contributed by atoms with van der Waals surface area (Å²) < 4.78 is 1.84. The zero-order chi connectivity index (χ0) is 15.4. The first kappa shape index (κ1) is 15.5. The zero-order valence-corrected chi connectivity index (χ0v) is 14.1. The number of anilines is 1. The number of carbonyl (C=O) groups is 1. The maximum atomic E-state index is 12.3. The van der Waals surface area contributed by atoms with E-state index < -0.39 is 0 Å². The van der Waals surface area contributed by atoms with Crippen molar-refractivity contribution < 1.29 is 4.79 Å². The summed E-state index contributed by atoms with van der Waals surface area (Å²) in [4.78, 5) is 12.3. The van der Waals surface area contributed by atoms with E-state index in [-0.39, 0.29) is 11.2 Å². The number of hydrogen-bond donors (Lipinski definition) is 1. The highest BCUT2D eigenvalue weighted by molar-refractivity contribution is 8.07. The summed E-state index contributed by atoms with van der Waals surface area (Å²) in [6, 6.07) is 10.2. The van der Waals surface area contributed by atoms with E-state index in [1.165, 1.54) is 11.1 Å². The molecular formula is C16H19N3OS2. The van der Waals surface area contributed by atoms with Crippen LogP contribution in [0.15, 0.2) is 36.5 Å². The molecule has 116 valence electrons. The smallest absolute Gasteiger partial charge is 0.239 e. The molecule has 1 fully saturated rings. The van der Waals surface area contributed by atoms with Gasteiger partial charge in [-0.25, -0.2) is 4.68 Å². The van der Waals surface area contributed by atoms with Crippen molar-refractivity contribution >= 4 is 35.2 Å². The molecule has 1 aliphatic rings. The number of nitrogens with one attached hydrogen (secondary N) is 1. The summed E-state index contributed by atoms with van der Waals surface area (Å²) in [6.07, 6.45) is 1.73. The van der Waals surface area contributed by atoms with E-state index >= 15 is 0 Å². The van der Waals surface area contributed by atoms with Crippen molar-refractivity contribution in [2.24, 2.45) is 0 Å². The van der Waals surface area contributed by atoms with Crippen LogP contribution >= 0.6 is 23.5 Å². The molecule has 0 radical (unpaired) electrons. The minimum Gasteiger partial charge on any atom is -0.310 e. The molecule has 1 N–H and O–H groups in total. The van der Waals surface area contributed by atoms with Gasteiger partial charge >= 0.3 is 0 Å². The topological polar surface area (TPSA) is 46.9 Å². The van der Waals surface area contributed by atoms with Crippen LogP contribution in [0.3, 0.4) is 0 Å². The van der Waals surface area contributed by atoms with Crippen molar-refractivity contribution in [2.45, 2.75) is 18.7 Å². The number of aryl methyl sites for hydroxylation is 1. The van der Waals surface area contributed by atoms with Gasteiger partial charge in [0.25, 0.3) is 0 Å². The van der Waals surface area contributed by atoms with Crippen LogP contribution in [0.2, 0.25) is 0 Å². The Bertz CT molecular complexity index is 650. The standard InChI is InChI=1S/C16H19N3OS2/c1-12-3-2-4-13(9-12)10-19-15(5-6-17-19)18-16(20)14-11-21-7-8-22-14/h2-6,9,14H,7-8,10-11H2,1H3,(H,18,20). The van der Waals surface area contributed by atoms with Gasteiger partial charge in [-0.15, -0.1) is 11.8 Å². The number of amides is 1. The van der Waals surface area contributed by atoms with Gasteiger partial charge in [-0.05, 0) is 12.5 Å². The molecule has 4 nitrogen and oxygen atoms in total. The van der Waals surface area contributed by atoms with Crippen LogP contribution in [0.5, 0.6) is 0 Å². The molecule has 1 unspecified atom stereocenters. The molecule has 0 bridgehead atoms. The molecule has 1 aromatic carbocycles. The van der Waals surface area contributed by atoms with Crippen LogP contribution < -0.4 is 5.32 Å². The zero-order valence-electron chi connectivity index (χ0n) is 12.5. The molecule has 1 aromatic heterocycles. The molecule has 22 heavy (non-hydrogen) atoms. The molecule has 1 saturated heterocycles. The number of thioether (sulfide) groups is 2. The van der Waals surface area contributed by atoms with Crippen LogP contribution in [0.1, 0.15) is 11.1 Å². The fraction of sp³-hybridized carbons (Fsp3) is 0.375. The Labute approximate surface area is 139 Å². The Balaban J connectivity index is 1.68. The number of nitrogens with zero attached hydrogens (tertiary/aromatic N) is 2. The normalized spacial score (nSPS) is 18.1. The van der Waals surface area contributed by atoms with E-state index in [0.29, 0.717) is 6.54 Å². The summed E-state index contributed by atoms with van der Waals surface area (Å²) in [5, 5.41) is 7.39. The Morgan fingerprint density at radius 1 is 1.41 bits per heavy atom. The van der Waals surface area contributed by atoms with E-state index in [2.05, 4.69) is 35.5 Å². The van der Waals surface area contributed by atoms with Crippen molar-refractivity contribution in [1.82, 2.24) is 9.78 Å². The summed E-state index contributed by atoms with van der Waals surface area (Å²) >= 11 is 3.59. The molecule has 0 spiro atoms. The van der Waals surface area contributed by atoms with E-state index in [0.717, 1.165) is 23.1 Å². The molecule has 1 amide bonds. The van der Waals surface area contributed by atoms with E-state index in [4.69, 9.17) is 0 Å². The fourth-order valence-corrected chi connectivity index (χ4v) is 4.95. The fourth-order valence-electron chi connectivity index (χ4n) is 2.39. The third kappa shape index (κ3) is 3.87. The SMILES string of the molecule is Cc1cccc(Cn2nccc2NC(=O)C2CSCCS2)c1. The average Bonchev–Trinajstić information content (AvgIpc) is 2.95. The molecule has 6 heteroatoms. The monoisotopic (exact) mass is 333 g/mol. The highest BCUT2D eigenvalue weighted by Gasteiger charge is 2.23. The number of rotatable bonds is 4. The van der Waals surface area contributed by atoms with E-state index in [9.17, 15) is 4.79 Å². The molecule has 0 aliphatic carbocycles. The number of carbonyl (C=O) groups excluding carboxylic acids is 1. The molecule has 3 rings (SSSR count). The van der Waals surface area contributed by atoms with Crippen molar-refractivity contribution in [3.05, 3.63) is 47.7 Å². The van der Waals surface area contributed by atoms with E-state index in [1.54, 1.807) is 18.0 Å². The summed E-state index contributed by atoms with van der Waals surface area (Å²) in [5.41, 5.74) is 2.41. The molecule has 2 aromatic rings. The lowest BCUT2D eigenvalue weighted by Crippen LogP contribution is -2.31. The van der Waals surface area contributed by atoms with Gasteiger partial charge in [-0.2, -0.15) is 16.9 Å². The second-order valence-electron chi connectivity index (χ2n) is 5.29. The third-order valence-corrected chi connectivity index (χ3v) is 6.25. The van der Waals surface area contributed by atoms with Crippen LogP contribution in [-0.2, 0) is 11.3 Å². The number of hydrogen-bond acceptors (Lipinski definition) is 4. The lowest BCUT2D eigenvalue weighted by Gasteiger charge is -2.20. The minimum atomic E-state index is 0.0427. The minimum absolute atomic E-state index is 0.0427. The van der Waals surface area contributed by atoms with Crippen molar-refractivity contribution in [3.8, 4) is 0 Å². The first-order valence-corrected chi connectivity index (χ1v) is 9.50. The largest absolute Gasteiger partial charge is 0.310 e. The maximum absolute atomic E-state index is 12.3. The van der Waals surface area contributed by atoms with Crippen LogP contribution in [0.4, 0.5) is 5.82 Å².